The summed E-state index contributed by atoms with van der Waals surface area (Å²) in [5.74, 6) is 0.611. The molecule has 0 unspecified atom stereocenters. The molecule has 100 valence electrons. The maximum Gasteiger partial charge on any atom is 0.163 e. The number of nitrogens with zero attached hydrogens (tertiary/aromatic N) is 3. The molecule has 0 amide bonds. The second-order valence-corrected chi connectivity index (χ2v) is 5.48. The molecule has 5 heteroatoms. The van der Waals surface area contributed by atoms with Crippen molar-refractivity contribution < 1.29 is 0 Å². The molecule has 3 nitrogen and oxygen atoms in total. The van der Waals surface area contributed by atoms with E-state index >= 15 is 0 Å². The first kappa shape index (κ1) is 13.5. The van der Waals surface area contributed by atoms with Gasteiger partial charge in [0.1, 0.15) is 5.15 Å². The molecule has 0 aliphatic carbocycles. The molecule has 0 atom stereocenters. The molecule has 0 bridgehead atoms. The summed E-state index contributed by atoms with van der Waals surface area (Å²) in [5, 5.41) is 1.49. The predicted molar refractivity (Wildman–Crippen MR) is 84.9 cm³/mol. The van der Waals surface area contributed by atoms with Crippen molar-refractivity contribution in [1.82, 2.24) is 15.0 Å². The van der Waals surface area contributed by atoms with E-state index in [9.17, 15) is 0 Å². The van der Waals surface area contributed by atoms with Crippen LogP contribution in [0.5, 0.6) is 0 Å². The molecule has 0 aliphatic rings. The number of fused-ring (bicyclic) bond motifs is 1. The van der Waals surface area contributed by atoms with E-state index in [1.165, 1.54) is 0 Å². The van der Waals surface area contributed by atoms with Gasteiger partial charge in [-0.1, -0.05) is 36.7 Å². The van der Waals surface area contributed by atoms with Gasteiger partial charge in [-0.3, -0.25) is 4.98 Å². The topological polar surface area (TPSA) is 38.7 Å². The Morgan fingerprint density at radius 3 is 2.75 bits per heavy atom. The smallest absolute Gasteiger partial charge is 0.163 e. The highest BCUT2D eigenvalue weighted by molar-refractivity contribution is 9.10. The molecule has 1 aromatic carbocycles. The van der Waals surface area contributed by atoms with Gasteiger partial charge in [-0.2, -0.15) is 0 Å². The number of benzene rings is 1. The molecule has 0 fully saturated rings. The number of halogens is 2. The molecule has 3 rings (SSSR count). The van der Waals surface area contributed by atoms with E-state index in [1.54, 1.807) is 6.20 Å². The Morgan fingerprint density at radius 1 is 1.15 bits per heavy atom. The third-order valence-electron chi connectivity index (χ3n) is 3.09. The summed E-state index contributed by atoms with van der Waals surface area (Å²) in [6, 6.07) is 9.90. The SMILES string of the molecule is CCc1nc(-c2cccc3cccnc23)nc(Cl)c1Br. The van der Waals surface area contributed by atoms with E-state index in [-0.39, 0.29) is 0 Å². The van der Waals surface area contributed by atoms with Crippen LogP contribution in [0, 0.1) is 0 Å². The van der Waals surface area contributed by atoms with Gasteiger partial charge in [0.05, 0.1) is 15.7 Å². The number of hydrogen-bond acceptors (Lipinski definition) is 3. The molecule has 0 aliphatic heterocycles. The molecule has 2 heterocycles. The van der Waals surface area contributed by atoms with Crippen LogP contribution in [-0.4, -0.2) is 15.0 Å². The van der Waals surface area contributed by atoms with Crippen LogP contribution in [0.2, 0.25) is 5.15 Å². The summed E-state index contributed by atoms with van der Waals surface area (Å²) in [6.45, 7) is 2.04. The lowest BCUT2D eigenvalue weighted by molar-refractivity contribution is 0.991. The third-order valence-corrected chi connectivity index (χ3v) is 4.42. The van der Waals surface area contributed by atoms with Gasteiger partial charge in [-0.25, -0.2) is 9.97 Å². The summed E-state index contributed by atoms with van der Waals surface area (Å²) in [7, 11) is 0. The van der Waals surface area contributed by atoms with Crippen LogP contribution in [-0.2, 0) is 6.42 Å². The maximum atomic E-state index is 6.18. The van der Waals surface area contributed by atoms with Gasteiger partial charge >= 0.3 is 0 Å². The van der Waals surface area contributed by atoms with Crippen molar-refractivity contribution in [2.24, 2.45) is 0 Å². The zero-order valence-electron chi connectivity index (χ0n) is 10.8. The fourth-order valence-electron chi connectivity index (χ4n) is 2.10. The molecule has 20 heavy (non-hydrogen) atoms. The van der Waals surface area contributed by atoms with Crippen LogP contribution in [0.15, 0.2) is 41.0 Å². The lowest BCUT2D eigenvalue weighted by atomic mass is 10.1. The molecular weight excluding hydrogens is 338 g/mol. The molecule has 0 spiro atoms. The summed E-state index contributed by atoms with van der Waals surface area (Å²) >= 11 is 9.60. The Balaban J connectivity index is 2.28. The highest BCUT2D eigenvalue weighted by Crippen LogP contribution is 2.30. The summed E-state index contributed by atoms with van der Waals surface area (Å²) in [6.07, 6.45) is 2.56. The first-order chi connectivity index (χ1) is 9.70. The van der Waals surface area contributed by atoms with Crippen molar-refractivity contribution in [3.05, 3.63) is 51.8 Å². The Kier molecular flexibility index (Phi) is 3.68. The summed E-state index contributed by atoms with van der Waals surface area (Å²) < 4.78 is 0.763. The molecule has 0 saturated carbocycles. The van der Waals surface area contributed by atoms with E-state index in [0.717, 1.165) is 33.1 Å². The summed E-state index contributed by atoms with van der Waals surface area (Å²) in [5.41, 5.74) is 2.68. The molecular formula is C15H11BrClN3. The zero-order chi connectivity index (χ0) is 14.1. The van der Waals surface area contributed by atoms with E-state index < -0.39 is 0 Å². The largest absolute Gasteiger partial charge is 0.255 e. The summed E-state index contributed by atoms with van der Waals surface area (Å²) in [4.78, 5) is 13.4. The van der Waals surface area contributed by atoms with Gasteiger partial charge < -0.3 is 0 Å². The average Bonchev–Trinajstić information content (AvgIpc) is 2.49. The highest BCUT2D eigenvalue weighted by Gasteiger charge is 2.13. The first-order valence-electron chi connectivity index (χ1n) is 6.26. The standard InChI is InChI=1S/C15H11BrClN3/c1-2-11-12(16)14(17)20-15(19-11)10-7-3-5-9-6-4-8-18-13(9)10/h3-8H,2H2,1H3. The lowest BCUT2D eigenvalue weighted by Crippen LogP contribution is -1.98. The number of hydrogen-bond donors (Lipinski definition) is 0. The number of aromatic nitrogens is 3. The Bertz CT molecular complexity index is 784. The van der Waals surface area contributed by atoms with Crippen molar-refractivity contribution in [3.8, 4) is 11.4 Å². The number of rotatable bonds is 2. The lowest BCUT2D eigenvalue weighted by Gasteiger charge is -2.08. The van der Waals surface area contributed by atoms with Crippen molar-refractivity contribution >= 4 is 38.4 Å². The van der Waals surface area contributed by atoms with Crippen molar-refractivity contribution in [1.29, 1.82) is 0 Å². The predicted octanol–water partition coefficient (Wildman–Crippen LogP) is 4.67. The number of aryl methyl sites for hydroxylation is 1. The van der Waals surface area contributed by atoms with E-state index in [4.69, 9.17) is 11.6 Å². The quantitative estimate of drug-likeness (QED) is 0.632. The fraction of sp³-hybridized carbons (Fsp3) is 0.133. The van der Waals surface area contributed by atoms with E-state index in [0.29, 0.717) is 11.0 Å². The van der Waals surface area contributed by atoms with Gasteiger partial charge in [0, 0.05) is 17.1 Å². The van der Waals surface area contributed by atoms with Crippen molar-refractivity contribution in [2.45, 2.75) is 13.3 Å². The van der Waals surface area contributed by atoms with Crippen LogP contribution in [0.1, 0.15) is 12.6 Å². The van der Waals surface area contributed by atoms with Crippen LogP contribution in [0.4, 0.5) is 0 Å². The van der Waals surface area contributed by atoms with Crippen LogP contribution >= 0.6 is 27.5 Å². The van der Waals surface area contributed by atoms with Gasteiger partial charge in [0.2, 0.25) is 0 Å². The molecule has 0 radical (unpaired) electrons. The minimum absolute atomic E-state index is 0.430. The second-order valence-electron chi connectivity index (χ2n) is 4.33. The normalized spacial score (nSPS) is 10.9. The Hall–Kier alpha value is -1.52. The first-order valence-corrected chi connectivity index (χ1v) is 7.44. The molecule has 0 saturated heterocycles. The Morgan fingerprint density at radius 2 is 1.95 bits per heavy atom. The minimum atomic E-state index is 0.430. The van der Waals surface area contributed by atoms with Gasteiger partial charge in [0.25, 0.3) is 0 Å². The Labute approximate surface area is 130 Å². The average molecular weight is 349 g/mol. The molecule has 3 aromatic rings. The maximum absolute atomic E-state index is 6.18. The van der Waals surface area contributed by atoms with Crippen LogP contribution < -0.4 is 0 Å². The number of pyridine rings is 1. The zero-order valence-corrected chi connectivity index (χ0v) is 13.1. The molecule has 0 N–H and O–H groups in total. The third kappa shape index (κ3) is 2.30. The number of para-hydroxylation sites is 1. The molecule has 2 aromatic heterocycles. The van der Waals surface area contributed by atoms with Crippen molar-refractivity contribution in [3.63, 3.8) is 0 Å². The highest BCUT2D eigenvalue weighted by atomic mass is 79.9. The second kappa shape index (κ2) is 5.46. The van der Waals surface area contributed by atoms with Crippen molar-refractivity contribution in [2.75, 3.05) is 0 Å². The van der Waals surface area contributed by atoms with Gasteiger partial charge in [0.15, 0.2) is 5.82 Å². The van der Waals surface area contributed by atoms with Gasteiger partial charge in [-0.05, 0) is 34.5 Å². The van der Waals surface area contributed by atoms with Gasteiger partial charge in [-0.15, -0.1) is 0 Å². The monoisotopic (exact) mass is 347 g/mol. The van der Waals surface area contributed by atoms with E-state index in [2.05, 4.69) is 30.9 Å². The van der Waals surface area contributed by atoms with E-state index in [1.807, 2.05) is 37.3 Å². The fourth-order valence-corrected chi connectivity index (χ4v) is 2.75. The van der Waals surface area contributed by atoms with Crippen LogP contribution in [0.25, 0.3) is 22.3 Å². The minimum Gasteiger partial charge on any atom is -0.255 e. The van der Waals surface area contributed by atoms with Crippen LogP contribution in [0.3, 0.4) is 0 Å².